The topological polar surface area (TPSA) is 131 Å². The van der Waals surface area contributed by atoms with Crippen LogP contribution >= 0.6 is 11.8 Å². The summed E-state index contributed by atoms with van der Waals surface area (Å²) < 4.78 is 4.59. The first-order valence-corrected chi connectivity index (χ1v) is 8.56. The van der Waals surface area contributed by atoms with Crippen molar-refractivity contribution < 1.29 is 19.1 Å². The van der Waals surface area contributed by atoms with Gasteiger partial charge >= 0.3 is 5.97 Å². The molecule has 138 valence electrons. The van der Waals surface area contributed by atoms with E-state index in [2.05, 4.69) is 19.7 Å². The number of amidine groups is 1. The first-order valence-electron chi connectivity index (χ1n) is 7.74. The average Bonchev–Trinajstić information content (AvgIpc) is 3.23. The molecule has 1 aliphatic heterocycles. The Kier molecular flexibility index (Phi) is 5.36. The van der Waals surface area contributed by atoms with Crippen molar-refractivity contribution >= 4 is 40.5 Å². The maximum Gasteiger partial charge on any atom is 0.331 e. The minimum atomic E-state index is -0.721. The van der Waals surface area contributed by atoms with E-state index in [9.17, 15) is 14.4 Å². The standard InChI is InChI=1S/C17H15N5O4S/c1-26-12(23)7-11-16(25)22(8-10-5-3-2-4-6-10)17(27-11)21-15-13(14(18)24)19-9-20-15/h2-7,9H,8H2,1H3,(H2,18,24)(H,19,20)/b11-7+,21-17-. The molecule has 0 unspecified atom stereocenters. The number of nitrogens with one attached hydrogen (secondary N) is 1. The fourth-order valence-corrected chi connectivity index (χ4v) is 3.25. The van der Waals surface area contributed by atoms with Crippen molar-refractivity contribution in [3.05, 3.63) is 58.9 Å². The number of rotatable bonds is 5. The molecule has 0 bridgehead atoms. The van der Waals surface area contributed by atoms with Crippen LogP contribution in [0.25, 0.3) is 0 Å². The SMILES string of the molecule is COC(=O)/C=C1/S/C(=N\c2nc[nH]c2C(N)=O)N(Cc2ccccc2)C1=O. The number of aromatic amines is 1. The average molecular weight is 385 g/mol. The van der Waals surface area contributed by atoms with Gasteiger partial charge in [0.15, 0.2) is 16.7 Å². The number of esters is 1. The molecule has 2 amide bonds. The molecular weight excluding hydrogens is 370 g/mol. The van der Waals surface area contributed by atoms with Gasteiger partial charge in [0.2, 0.25) is 0 Å². The minimum absolute atomic E-state index is 0.0283. The van der Waals surface area contributed by atoms with Gasteiger partial charge < -0.3 is 15.5 Å². The molecule has 1 fully saturated rings. The van der Waals surface area contributed by atoms with E-state index in [-0.39, 0.29) is 28.1 Å². The molecule has 1 aromatic carbocycles. The summed E-state index contributed by atoms with van der Waals surface area (Å²) in [5, 5.41) is 0.272. The summed E-state index contributed by atoms with van der Waals surface area (Å²) in [6, 6.07) is 9.29. The molecule has 0 radical (unpaired) electrons. The summed E-state index contributed by atoms with van der Waals surface area (Å²) in [5.41, 5.74) is 6.19. The lowest BCUT2D eigenvalue weighted by Gasteiger charge is -2.15. The number of carbonyl (C=O) groups excluding carboxylic acids is 3. The van der Waals surface area contributed by atoms with E-state index in [0.717, 1.165) is 23.4 Å². The zero-order chi connectivity index (χ0) is 19.4. The molecule has 2 aromatic rings. The number of nitrogens with zero attached hydrogens (tertiary/aromatic N) is 3. The van der Waals surface area contributed by atoms with Crippen LogP contribution in [0.3, 0.4) is 0 Å². The Morgan fingerprint density at radius 2 is 2.11 bits per heavy atom. The van der Waals surface area contributed by atoms with Crippen LogP contribution in [-0.4, -0.2) is 44.9 Å². The molecular formula is C17H15N5O4S. The fourth-order valence-electron chi connectivity index (χ4n) is 2.31. The Labute approximate surface area is 158 Å². The largest absolute Gasteiger partial charge is 0.466 e. The van der Waals surface area contributed by atoms with Gasteiger partial charge in [-0.25, -0.2) is 14.8 Å². The minimum Gasteiger partial charge on any atom is -0.466 e. The number of thioether (sulfide) groups is 1. The van der Waals surface area contributed by atoms with Gasteiger partial charge in [0, 0.05) is 6.08 Å². The zero-order valence-corrected chi connectivity index (χ0v) is 15.0. The number of H-pyrrole nitrogens is 1. The van der Waals surface area contributed by atoms with Gasteiger partial charge in [0.25, 0.3) is 11.8 Å². The van der Waals surface area contributed by atoms with Gasteiger partial charge in [-0.05, 0) is 17.3 Å². The molecule has 0 spiro atoms. The summed E-state index contributed by atoms with van der Waals surface area (Å²) in [6.07, 6.45) is 2.39. The zero-order valence-electron chi connectivity index (χ0n) is 14.2. The lowest BCUT2D eigenvalue weighted by atomic mass is 10.2. The van der Waals surface area contributed by atoms with E-state index in [1.165, 1.54) is 18.3 Å². The number of methoxy groups -OCH3 is 1. The molecule has 2 heterocycles. The van der Waals surface area contributed by atoms with Crippen molar-refractivity contribution in [2.45, 2.75) is 6.54 Å². The van der Waals surface area contributed by atoms with Gasteiger partial charge in [-0.15, -0.1) is 0 Å². The quantitative estimate of drug-likeness (QED) is 0.590. The van der Waals surface area contributed by atoms with Crippen molar-refractivity contribution in [1.29, 1.82) is 0 Å². The van der Waals surface area contributed by atoms with E-state index in [0.29, 0.717) is 0 Å². The van der Waals surface area contributed by atoms with Gasteiger partial charge in [-0.1, -0.05) is 30.3 Å². The number of imidazole rings is 1. The highest BCUT2D eigenvalue weighted by atomic mass is 32.2. The van der Waals surface area contributed by atoms with E-state index in [4.69, 9.17) is 5.73 Å². The van der Waals surface area contributed by atoms with E-state index in [1.54, 1.807) is 0 Å². The molecule has 1 aliphatic rings. The number of amides is 2. The molecule has 0 aliphatic carbocycles. The van der Waals surface area contributed by atoms with Gasteiger partial charge in [0.05, 0.1) is 24.9 Å². The molecule has 1 saturated heterocycles. The summed E-state index contributed by atoms with van der Waals surface area (Å²) in [7, 11) is 1.23. The number of ether oxygens (including phenoxy) is 1. The molecule has 0 atom stereocenters. The Hall–Kier alpha value is -3.40. The van der Waals surface area contributed by atoms with E-state index >= 15 is 0 Å². The molecule has 10 heteroatoms. The second-order valence-electron chi connectivity index (χ2n) is 5.37. The van der Waals surface area contributed by atoms with E-state index in [1.807, 2.05) is 30.3 Å². The number of primary amides is 1. The highest BCUT2D eigenvalue weighted by molar-refractivity contribution is 8.18. The third-order valence-electron chi connectivity index (χ3n) is 3.59. The predicted molar refractivity (Wildman–Crippen MR) is 98.9 cm³/mol. The summed E-state index contributed by atoms with van der Waals surface area (Å²) in [4.78, 5) is 48.2. The van der Waals surface area contributed by atoms with Crippen molar-refractivity contribution in [3.8, 4) is 0 Å². The predicted octanol–water partition coefficient (Wildman–Crippen LogP) is 1.33. The summed E-state index contributed by atoms with van der Waals surface area (Å²) in [6.45, 7) is 0.236. The lowest BCUT2D eigenvalue weighted by molar-refractivity contribution is -0.135. The van der Waals surface area contributed by atoms with Crippen molar-refractivity contribution in [3.63, 3.8) is 0 Å². The highest BCUT2D eigenvalue weighted by Gasteiger charge is 2.34. The maximum absolute atomic E-state index is 12.7. The smallest absolute Gasteiger partial charge is 0.331 e. The number of benzene rings is 1. The Bertz CT molecular complexity index is 951. The summed E-state index contributed by atoms with van der Waals surface area (Å²) in [5.74, 6) is -1.70. The molecule has 0 saturated carbocycles. The molecule has 3 N–H and O–H groups in total. The van der Waals surface area contributed by atoms with Crippen molar-refractivity contribution in [2.24, 2.45) is 10.7 Å². The Balaban J connectivity index is 1.99. The fraction of sp³-hybridized carbons (Fsp3) is 0.118. The molecule has 27 heavy (non-hydrogen) atoms. The number of carbonyl (C=O) groups is 3. The van der Waals surface area contributed by atoms with E-state index < -0.39 is 17.8 Å². The van der Waals surface area contributed by atoms with Gasteiger partial charge in [0.1, 0.15) is 0 Å². The number of aliphatic imine (C=N–C) groups is 1. The van der Waals surface area contributed by atoms with Crippen molar-refractivity contribution in [2.75, 3.05) is 7.11 Å². The van der Waals surface area contributed by atoms with Crippen LogP contribution in [0.5, 0.6) is 0 Å². The maximum atomic E-state index is 12.7. The normalized spacial score (nSPS) is 16.9. The van der Waals surface area contributed by atoms with Gasteiger partial charge in [-0.2, -0.15) is 0 Å². The number of nitrogens with two attached hydrogens (primary N) is 1. The third-order valence-corrected chi connectivity index (χ3v) is 4.60. The second-order valence-corrected chi connectivity index (χ2v) is 6.38. The molecule has 3 rings (SSSR count). The Morgan fingerprint density at radius 3 is 2.78 bits per heavy atom. The van der Waals surface area contributed by atoms with Gasteiger partial charge in [-0.3, -0.25) is 14.5 Å². The van der Waals surface area contributed by atoms with Crippen LogP contribution in [0.15, 0.2) is 52.6 Å². The van der Waals surface area contributed by atoms with Crippen molar-refractivity contribution in [1.82, 2.24) is 14.9 Å². The number of aromatic nitrogens is 2. The number of hydrogen-bond acceptors (Lipinski definition) is 7. The van der Waals surface area contributed by atoms with Crippen LogP contribution in [0.1, 0.15) is 16.1 Å². The number of hydrogen-bond donors (Lipinski definition) is 2. The third kappa shape index (κ3) is 4.06. The first kappa shape index (κ1) is 18.4. The van der Waals surface area contributed by atoms with Crippen LogP contribution in [0.2, 0.25) is 0 Å². The molecule has 1 aromatic heterocycles. The van der Waals surface area contributed by atoms with Crippen LogP contribution in [-0.2, 0) is 20.9 Å². The second kappa shape index (κ2) is 7.87. The van der Waals surface area contributed by atoms with Crippen LogP contribution in [0.4, 0.5) is 5.82 Å². The monoisotopic (exact) mass is 385 g/mol. The Morgan fingerprint density at radius 1 is 1.37 bits per heavy atom. The summed E-state index contributed by atoms with van der Waals surface area (Å²) >= 11 is 0.989. The lowest BCUT2D eigenvalue weighted by Crippen LogP contribution is -2.28. The van der Waals surface area contributed by atoms with Crippen LogP contribution in [0, 0.1) is 0 Å². The molecule has 9 nitrogen and oxygen atoms in total. The highest BCUT2D eigenvalue weighted by Crippen LogP contribution is 2.34. The first-order chi connectivity index (χ1) is 13.0. The van der Waals surface area contributed by atoms with Crippen LogP contribution < -0.4 is 5.73 Å².